The number of carboxylic acids is 1. The highest BCUT2D eigenvalue weighted by Gasteiger charge is 2.51. The fourth-order valence-corrected chi connectivity index (χ4v) is 9.97. The minimum absolute atomic E-state index is 0.283. The predicted octanol–water partition coefficient (Wildman–Crippen LogP) is 7.86. The van der Waals surface area contributed by atoms with Crippen LogP contribution >= 0.6 is 11.3 Å². The first kappa shape index (κ1) is 26.8. The van der Waals surface area contributed by atoms with E-state index in [1.807, 2.05) is 71.6 Å². The molecule has 4 aliphatic carbocycles. The van der Waals surface area contributed by atoms with Crippen molar-refractivity contribution in [2.24, 2.45) is 23.2 Å². The fourth-order valence-electron chi connectivity index (χ4n) is 9.10. The van der Waals surface area contributed by atoms with Gasteiger partial charge in [0, 0.05) is 34.9 Å². The lowest BCUT2D eigenvalue weighted by atomic mass is 9.49. The molecule has 10 rings (SSSR count). The first-order chi connectivity index (χ1) is 21.9. The molecule has 2 N–H and O–H groups in total. The Balaban J connectivity index is 1.01. The third-order valence-electron chi connectivity index (χ3n) is 10.6. The van der Waals surface area contributed by atoms with Crippen molar-refractivity contribution in [2.45, 2.75) is 52.0 Å². The minimum Gasteiger partial charge on any atom is -0.478 e. The molecule has 4 saturated carbocycles. The molecule has 0 unspecified atom stereocenters. The molecule has 45 heavy (non-hydrogen) atoms. The number of hydrogen-bond donors (Lipinski definition) is 2. The monoisotopic (exact) mass is 615 g/mol. The highest BCUT2D eigenvalue weighted by molar-refractivity contribution is 7.22. The Bertz CT molecular complexity index is 2040. The highest BCUT2D eigenvalue weighted by Crippen LogP contribution is 2.60. The summed E-state index contributed by atoms with van der Waals surface area (Å²) in [5.74, 6) is 2.88. The summed E-state index contributed by atoms with van der Waals surface area (Å²) >= 11 is 1.56. The van der Waals surface area contributed by atoms with Crippen molar-refractivity contribution in [2.75, 3.05) is 5.32 Å². The Morgan fingerprint density at radius 3 is 2.47 bits per heavy atom. The molecule has 0 spiro atoms. The number of carboxylic acid groups (broad SMARTS) is 1. The summed E-state index contributed by atoms with van der Waals surface area (Å²) in [4.78, 5) is 17.4. The number of aromatic carboxylic acids is 1. The Morgan fingerprint density at radius 1 is 0.978 bits per heavy atom. The molecule has 4 bridgehead atoms. The first-order valence-corrected chi connectivity index (χ1v) is 16.6. The smallest absolute Gasteiger partial charge is 0.337 e. The number of carbonyl (C=O) groups is 1. The average Bonchev–Trinajstić information content (AvgIpc) is 3.73. The van der Waals surface area contributed by atoms with Crippen molar-refractivity contribution in [3.05, 3.63) is 78.2 Å². The molecule has 0 amide bonds. The molecule has 226 valence electrons. The van der Waals surface area contributed by atoms with Crippen LogP contribution in [0, 0.1) is 30.1 Å². The molecular formula is C35H33N7O2S. The number of hydrogen-bond acceptors (Lipinski definition) is 7. The second-order valence-electron chi connectivity index (χ2n) is 13.5. The van der Waals surface area contributed by atoms with Crippen LogP contribution in [0.2, 0.25) is 0 Å². The number of nitrogens with one attached hydrogen (secondary N) is 1. The van der Waals surface area contributed by atoms with Gasteiger partial charge in [-0.3, -0.25) is 9.25 Å². The van der Waals surface area contributed by atoms with Gasteiger partial charge in [-0.2, -0.15) is 5.10 Å². The van der Waals surface area contributed by atoms with Crippen LogP contribution in [0.25, 0.3) is 38.1 Å². The lowest BCUT2D eigenvalue weighted by molar-refractivity contribution is -0.0638. The third kappa shape index (κ3) is 4.45. The van der Waals surface area contributed by atoms with Gasteiger partial charge in [-0.15, -0.1) is 10.2 Å². The summed E-state index contributed by atoms with van der Waals surface area (Å²) in [5, 5.41) is 28.8. The zero-order valence-corrected chi connectivity index (χ0v) is 25.8. The largest absolute Gasteiger partial charge is 0.478 e. The molecule has 0 atom stereocenters. The van der Waals surface area contributed by atoms with Gasteiger partial charge in [0.2, 0.25) is 0 Å². The van der Waals surface area contributed by atoms with Crippen molar-refractivity contribution in [1.29, 1.82) is 0 Å². The molecular weight excluding hydrogens is 582 g/mol. The molecule has 10 heteroatoms. The summed E-state index contributed by atoms with van der Waals surface area (Å²) in [6, 6.07) is 17.5. The van der Waals surface area contributed by atoms with E-state index in [2.05, 4.69) is 32.1 Å². The zero-order valence-electron chi connectivity index (χ0n) is 25.0. The third-order valence-corrected chi connectivity index (χ3v) is 11.5. The van der Waals surface area contributed by atoms with Gasteiger partial charge in [0.05, 0.1) is 27.5 Å². The van der Waals surface area contributed by atoms with Crippen molar-refractivity contribution in [3.8, 4) is 16.9 Å². The standard InChI is InChI=1S/C35H33N7O2S/c1-20-26(18-36-42(20)19-35-15-21-12-22(16-35)14-23(13-21)17-35)24-6-7-28-25(32(24)33(43)44)10-11-41(28)31-9-8-30(39-40-31)38-34-37-27-4-2-3-5-29(27)45-34/h2-11,18,21-23H,12-17,19H2,1H3,(H,43,44)(H,37,38,39). The van der Waals surface area contributed by atoms with Crippen molar-refractivity contribution >= 4 is 49.4 Å². The van der Waals surface area contributed by atoms with E-state index in [1.165, 1.54) is 38.5 Å². The Morgan fingerprint density at radius 2 is 1.76 bits per heavy atom. The number of rotatable bonds is 7. The van der Waals surface area contributed by atoms with Gasteiger partial charge in [0.1, 0.15) is 0 Å². The molecule has 2 aromatic carbocycles. The Labute approximate surface area is 263 Å². The van der Waals surface area contributed by atoms with E-state index < -0.39 is 5.97 Å². The fraction of sp³-hybridized carbons (Fsp3) is 0.343. The highest BCUT2D eigenvalue weighted by atomic mass is 32.1. The van der Waals surface area contributed by atoms with Crippen LogP contribution in [0.1, 0.15) is 54.6 Å². The van der Waals surface area contributed by atoms with Crippen LogP contribution in [0.3, 0.4) is 0 Å². The Kier molecular flexibility index (Phi) is 5.94. The second kappa shape index (κ2) is 9.97. The molecule has 0 radical (unpaired) electrons. The predicted molar refractivity (Wildman–Crippen MR) is 175 cm³/mol. The average molecular weight is 616 g/mol. The topological polar surface area (TPSA) is 111 Å². The molecule has 4 aliphatic rings. The molecule has 0 aliphatic heterocycles. The van der Waals surface area contributed by atoms with Gasteiger partial charge in [0.25, 0.3) is 0 Å². The van der Waals surface area contributed by atoms with E-state index >= 15 is 0 Å². The van der Waals surface area contributed by atoms with E-state index in [1.54, 1.807) is 11.3 Å². The minimum atomic E-state index is -0.956. The molecule has 6 aromatic rings. The summed E-state index contributed by atoms with van der Waals surface area (Å²) in [7, 11) is 0. The molecule has 9 nitrogen and oxygen atoms in total. The van der Waals surface area contributed by atoms with E-state index in [0.29, 0.717) is 28.0 Å². The van der Waals surface area contributed by atoms with E-state index in [4.69, 9.17) is 5.10 Å². The quantitative estimate of drug-likeness (QED) is 0.188. The van der Waals surface area contributed by atoms with Gasteiger partial charge < -0.3 is 10.4 Å². The van der Waals surface area contributed by atoms with Gasteiger partial charge in [-0.1, -0.05) is 29.5 Å². The maximum absolute atomic E-state index is 12.8. The van der Waals surface area contributed by atoms with Gasteiger partial charge in [-0.25, -0.2) is 9.78 Å². The lowest BCUT2D eigenvalue weighted by Gasteiger charge is -2.56. The van der Waals surface area contributed by atoms with Crippen molar-refractivity contribution in [1.82, 2.24) is 29.5 Å². The van der Waals surface area contributed by atoms with Crippen LogP contribution in [-0.2, 0) is 6.54 Å². The zero-order chi connectivity index (χ0) is 30.3. The normalized spacial score (nSPS) is 23.7. The maximum Gasteiger partial charge on any atom is 0.337 e. The molecule has 4 heterocycles. The summed E-state index contributed by atoms with van der Waals surface area (Å²) in [5.41, 5.74) is 4.95. The number of anilines is 2. The number of thiazole rings is 1. The van der Waals surface area contributed by atoms with Crippen LogP contribution in [0.5, 0.6) is 0 Å². The number of nitrogens with zero attached hydrogens (tertiary/aromatic N) is 6. The van der Waals surface area contributed by atoms with Crippen molar-refractivity contribution < 1.29 is 9.90 Å². The molecule has 4 fully saturated rings. The maximum atomic E-state index is 12.8. The number of fused-ring (bicyclic) bond motifs is 2. The summed E-state index contributed by atoms with van der Waals surface area (Å²) in [6.07, 6.45) is 11.9. The Hall–Kier alpha value is -4.57. The first-order valence-electron chi connectivity index (χ1n) is 15.8. The van der Waals surface area contributed by atoms with Gasteiger partial charge >= 0.3 is 5.97 Å². The number of aromatic nitrogens is 6. The van der Waals surface area contributed by atoms with E-state index in [9.17, 15) is 9.90 Å². The summed E-state index contributed by atoms with van der Waals surface area (Å²) in [6.45, 7) is 3.02. The van der Waals surface area contributed by atoms with E-state index in [-0.39, 0.29) is 5.56 Å². The van der Waals surface area contributed by atoms with Crippen LogP contribution in [0.15, 0.2) is 67.0 Å². The van der Waals surface area contributed by atoms with Crippen LogP contribution < -0.4 is 5.32 Å². The number of para-hydroxylation sites is 1. The summed E-state index contributed by atoms with van der Waals surface area (Å²) < 4.78 is 5.13. The van der Waals surface area contributed by atoms with Gasteiger partial charge in [0.15, 0.2) is 16.8 Å². The van der Waals surface area contributed by atoms with Gasteiger partial charge in [-0.05, 0) is 105 Å². The SMILES string of the molecule is Cc1c(-c2ccc3c(ccn3-c3ccc(Nc4nc5ccccc5s4)nn3)c2C(=O)O)cnn1CC12CC3CC(CC(C3)C1)C2. The molecule has 0 saturated heterocycles. The second-order valence-corrected chi connectivity index (χ2v) is 14.5. The van der Waals surface area contributed by atoms with E-state index in [0.717, 1.165) is 56.4 Å². The van der Waals surface area contributed by atoms with Crippen molar-refractivity contribution in [3.63, 3.8) is 0 Å². The lowest BCUT2D eigenvalue weighted by Crippen LogP contribution is -2.48. The number of benzene rings is 2. The van der Waals surface area contributed by atoms with Crippen LogP contribution in [-0.4, -0.2) is 40.6 Å². The molecule has 4 aromatic heterocycles. The van der Waals surface area contributed by atoms with Crippen LogP contribution in [0.4, 0.5) is 10.9 Å².